The standard InChI is InChI=1S/C15H18FN3O2S/c1-21-14-11(16)9-17-15(18-14)19-6-4-10(5-7-19)13(20)12-3-2-8-22-12/h2-3,8-10,13,20H,4-7H2,1H3. The van der Waals surface area contributed by atoms with Crippen molar-refractivity contribution in [3.8, 4) is 5.88 Å². The van der Waals surface area contributed by atoms with E-state index in [-0.39, 0.29) is 11.8 Å². The maximum Gasteiger partial charge on any atom is 0.255 e. The molecular formula is C15H18FN3O2S. The van der Waals surface area contributed by atoms with Crippen molar-refractivity contribution in [2.75, 3.05) is 25.1 Å². The monoisotopic (exact) mass is 323 g/mol. The van der Waals surface area contributed by atoms with Crippen molar-refractivity contribution in [3.05, 3.63) is 34.4 Å². The van der Waals surface area contributed by atoms with Crippen molar-refractivity contribution in [3.63, 3.8) is 0 Å². The summed E-state index contributed by atoms with van der Waals surface area (Å²) < 4.78 is 18.3. The predicted octanol–water partition coefficient (Wildman–Crippen LogP) is 2.64. The summed E-state index contributed by atoms with van der Waals surface area (Å²) in [5.41, 5.74) is 0. The Balaban J connectivity index is 1.64. The molecule has 22 heavy (non-hydrogen) atoms. The van der Waals surface area contributed by atoms with E-state index in [4.69, 9.17) is 4.74 Å². The fraction of sp³-hybridized carbons (Fsp3) is 0.467. The zero-order valence-corrected chi connectivity index (χ0v) is 13.1. The molecule has 2 aromatic heterocycles. The summed E-state index contributed by atoms with van der Waals surface area (Å²) >= 11 is 1.58. The predicted molar refractivity (Wildman–Crippen MR) is 82.8 cm³/mol. The second-order valence-corrected chi connectivity index (χ2v) is 6.29. The quantitative estimate of drug-likeness (QED) is 0.937. The fourth-order valence-electron chi connectivity index (χ4n) is 2.75. The highest BCUT2D eigenvalue weighted by atomic mass is 32.1. The first-order chi connectivity index (χ1) is 10.7. The molecule has 1 fully saturated rings. The number of nitrogens with zero attached hydrogens (tertiary/aromatic N) is 3. The molecule has 7 heteroatoms. The lowest BCUT2D eigenvalue weighted by Gasteiger charge is -2.34. The van der Waals surface area contributed by atoms with Crippen LogP contribution in [0.3, 0.4) is 0 Å². The molecule has 0 spiro atoms. The van der Waals surface area contributed by atoms with E-state index in [1.54, 1.807) is 11.3 Å². The normalized spacial score (nSPS) is 17.5. The molecule has 0 saturated carbocycles. The maximum absolute atomic E-state index is 13.4. The van der Waals surface area contributed by atoms with E-state index >= 15 is 0 Å². The highest BCUT2D eigenvalue weighted by molar-refractivity contribution is 7.10. The van der Waals surface area contributed by atoms with Crippen LogP contribution >= 0.6 is 11.3 Å². The molecule has 3 rings (SSSR count). The molecule has 3 heterocycles. The number of hydrogen-bond donors (Lipinski definition) is 1. The van der Waals surface area contributed by atoms with E-state index in [1.807, 2.05) is 22.4 Å². The zero-order valence-electron chi connectivity index (χ0n) is 12.3. The molecule has 1 atom stereocenters. The van der Waals surface area contributed by atoms with E-state index < -0.39 is 11.9 Å². The van der Waals surface area contributed by atoms with Gasteiger partial charge in [0.25, 0.3) is 5.88 Å². The molecule has 0 aliphatic carbocycles. The van der Waals surface area contributed by atoms with Gasteiger partial charge in [0.1, 0.15) is 0 Å². The SMILES string of the molecule is COc1nc(N2CCC(C(O)c3cccs3)CC2)ncc1F. The number of aromatic nitrogens is 2. The second-order valence-electron chi connectivity index (χ2n) is 5.31. The number of rotatable bonds is 4. The lowest BCUT2D eigenvalue weighted by Crippen LogP contribution is -2.36. The number of aliphatic hydroxyl groups excluding tert-OH is 1. The Hall–Kier alpha value is -1.73. The highest BCUT2D eigenvalue weighted by Gasteiger charge is 2.28. The average Bonchev–Trinajstić information content (AvgIpc) is 3.09. The third-order valence-corrected chi connectivity index (χ3v) is 4.94. The smallest absolute Gasteiger partial charge is 0.255 e. The van der Waals surface area contributed by atoms with Crippen LogP contribution in [0.1, 0.15) is 23.8 Å². The van der Waals surface area contributed by atoms with Crippen LogP contribution in [0, 0.1) is 11.7 Å². The molecular weight excluding hydrogens is 305 g/mol. The first kappa shape index (κ1) is 15.2. The minimum atomic E-state index is -0.561. The number of hydrogen-bond acceptors (Lipinski definition) is 6. The number of thiophene rings is 1. The van der Waals surface area contributed by atoms with Crippen molar-refractivity contribution in [1.29, 1.82) is 0 Å². The Morgan fingerprint density at radius 1 is 1.45 bits per heavy atom. The second kappa shape index (κ2) is 6.58. The molecule has 2 aromatic rings. The summed E-state index contributed by atoms with van der Waals surface area (Å²) in [4.78, 5) is 11.1. The number of anilines is 1. The molecule has 1 aliphatic heterocycles. The number of halogens is 1. The van der Waals surface area contributed by atoms with Crippen LogP contribution in [0.15, 0.2) is 23.7 Å². The van der Waals surface area contributed by atoms with E-state index in [9.17, 15) is 9.50 Å². The first-order valence-corrected chi connectivity index (χ1v) is 8.10. The number of ether oxygens (including phenoxy) is 1. The lowest BCUT2D eigenvalue weighted by atomic mass is 9.90. The summed E-state index contributed by atoms with van der Waals surface area (Å²) in [6.07, 6.45) is 2.42. The first-order valence-electron chi connectivity index (χ1n) is 7.22. The van der Waals surface area contributed by atoms with Crippen LogP contribution in [-0.4, -0.2) is 35.3 Å². The van der Waals surface area contributed by atoms with Gasteiger partial charge in [-0.25, -0.2) is 4.98 Å². The molecule has 1 saturated heterocycles. The van der Waals surface area contributed by atoms with E-state index in [0.29, 0.717) is 5.95 Å². The molecule has 118 valence electrons. The van der Waals surface area contributed by atoms with Crippen molar-refractivity contribution in [2.24, 2.45) is 5.92 Å². The number of methoxy groups -OCH3 is 1. The Kier molecular flexibility index (Phi) is 4.54. The van der Waals surface area contributed by atoms with Crippen LogP contribution < -0.4 is 9.64 Å². The third kappa shape index (κ3) is 3.05. The third-order valence-electron chi connectivity index (χ3n) is 4.00. The van der Waals surface area contributed by atoms with Crippen LogP contribution in [0.5, 0.6) is 5.88 Å². The van der Waals surface area contributed by atoms with Crippen molar-refractivity contribution in [1.82, 2.24) is 9.97 Å². The largest absolute Gasteiger partial charge is 0.479 e. The zero-order chi connectivity index (χ0) is 15.5. The highest BCUT2D eigenvalue weighted by Crippen LogP contribution is 2.33. The Morgan fingerprint density at radius 3 is 2.86 bits per heavy atom. The van der Waals surface area contributed by atoms with Gasteiger partial charge in [0.05, 0.1) is 19.4 Å². The van der Waals surface area contributed by atoms with Gasteiger partial charge in [-0.3, -0.25) is 0 Å². The summed E-state index contributed by atoms with van der Waals surface area (Å²) in [5.74, 6) is 0.111. The van der Waals surface area contributed by atoms with Crippen LogP contribution in [0.4, 0.5) is 10.3 Å². The van der Waals surface area contributed by atoms with Gasteiger partial charge in [-0.2, -0.15) is 9.37 Å². The Bertz CT molecular complexity index is 615. The summed E-state index contributed by atoms with van der Waals surface area (Å²) in [7, 11) is 1.39. The summed E-state index contributed by atoms with van der Waals surface area (Å²) in [6, 6.07) is 3.92. The van der Waals surface area contributed by atoms with Gasteiger partial charge in [-0.1, -0.05) is 6.07 Å². The van der Waals surface area contributed by atoms with E-state index in [2.05, 4.69) is 9.97 Å². The molecule has 0 aromatic carbocycles. The Morgan fingerprint density at radius 2 is 2.23 bits per heavy atom. The van der Waals surface area contributed by atoms with Gasteiger partial charge in [0.15, 0.2) is 0 Å². The maximum atomic E-state index is 13.4. The van der Waals surface area contributed by atoms with Crippen molar-refractivity contribution < 1.29 is 14.2 Å². The van der Waals surface area contributed by atoms with E-state index in [0.717, 1.165) is 37.0 Å². The summed E-state index contributed by atoms with van der Waals surface area (Å²) in [6.45, 7) is 1.48. The van der Waals surface area contributed by atoms with Crippen LogP contribution in [0.2, 0.25) is 0 Å². The summed E-state index contributed by atoms with van der Waals surface area (Å²) in [5, 5.41) is 12.4. The van der Waals surface area contributed by atoms with Gasteiger partial charge >= 0.3 is 0 Å². The molecule has 1 aliphatic rings. The van der Waals surface area contributed by atoms with Crippen LogP contribution in [0.25, 0.3) is 0 Å². The Labute approximate surface area is 132 Å². The molecule has 0 amide bonds. The average molecular weight is 323 g/mol. The fourth-order valence-corrected chi connectivity index (χ4v) is 3.55. The van der Waals surface area contributed by atoms with Gasteiger partial charge in [0, 0.05) is 18.0 Å². The van der Waals surface area contributed by atoms with Crippen molar-refractivity contribution >= 4 is 17.3 Å². The molecule has 1 N–H and O–H groups in total. The van der Waals surface area contributed by atoms with E-state index in [1.165, 1.54) is 7.11 Å². The minimum absolute atomic E-state index is 0.0363. The van der Waals surface area contributed by atoms with Gasteiger partial charge in [-0.05, 0) is 30.2 Å². The topological polar surface area (TPSA) is 58.5 Å². The van der Waals surface area contributed by atoms with Crippen LogP contribution in [-0.2, 0) is 0 Å². The molecule has 1 unspecified atom stereocenters. The van der Waals surface area contributed by atoms with Gasteiger partial charge in [-0.15, -0.1) is 11.3 Å². The number of aliphatic hydroxyl groups is 1. The van der Waals surface area contributed by atoms with Gasteiger partial charge in [0.2, 0.25) is 11.8 Å². The van der Waals surface area contributed by atoms with Gasteiger partial charge < -0.3 is 14.7 Å². The minimum Gasteiger partial charge on any atom is -0.479 e. The lowest BCUT2D eigenvalue weighted by molar-refractivity contribution is 0.0959. The molecule has 5 nitrogen and oxygen atoms in total. The molecule has 0 bridgehead atoms. The number of piperidine rings is 1. The molecule has 0 radical (unpaired) electrons. The van der Waals surface area contributed by atoms with Crippen molar-refractivity contribution in [2.45, 2.75) is 18.9 Å².